The summed E-state index contributed by atoms with van der Waals surface area (Å²) in [4.78, 5) is 0. The van der Waals surface area contributed by atoms with Gasteiger partial charge < -0.3 is 4.74 Å². The molecular formula is C18H26O. The minimum Gasteiger partial charge on any atom is -0.380 e. The highest BCUT2D eigenvalue weighted by Crippen LogP contribution is 2.60. The van der Waals surface area contributed by atoms with Crippen LogP contribution >= 0.6 is 0 Å². The van der Waals surface area contributed by atoms with Crippen LogP contribution < -0.4 is 0 Å². The van der Waals surface area contributed by atoms with Crippen molar-refractivity contribution in [1.82, 2.24) is 0 Å². The van der Waals surface area contributed by atoms with E-state index in [0.717, 1.165) is 11.8 Å². The van der Waals surface area contributed by atoms with E-state index in [-0.39, 0.29) is 0 Å². The molecule has 0 saturated heterocycles. The third kappa shape index (κ3) is 3.27. The first kappa shape index (κ1) is 14.3. The summed E-state index contributed by atoms with van der Waals surface area (Å²) in [7, 11) is 1.74. The topological polar surface area (TPSA) is 9.23 Å². The standard InChI is InChI=1S/C18H26O/c1-13(2)10-16-17(18(16,3)4)11-14-6-8-15(9-7-14)12-19-5/h6-10,16-17H,11-12H2,1-5H3. The van der Waals surface area contributed by atoms with Gasteiger partial charge in [-0.15, -0.1) is 0 Å². The molecule has 0 spiro atoms. The van der Waals surface area contributed by atoms with Crippen molar-refractivity contribution in [3.63, 3.8) is 0 Å². The van der Waals surface area contributed by atoms with Crippen molar-refractivity contribution in [2.45, 2.75) is 40.7 Å². The molecule has 19 heavy (non-hydrogen) atoms. The molecule has 104 valence electrons. The molecule has 1 fully saturated rings. The van der Waals surface area contributed by atoms with Gasteiger partial charge in [-0.05, 0) is 48.6 Å². The van der Waals surface area contributed by atoms with Gasteiger partial charge in [0.25, 0.3) is 0 Å². The van der Waals surface area contributed by atoms with Crippen LogP contribution in [0.4, 0.5) is 0 Å². The van der Waals surface area contributed by atoms with E-state index in [1.54, 1.807) is 7.11 Å². The van der Waals surface area contributed by atoms with Crippen LogP contribution in [0.15, 0.2) is 35.9 Å². The monoisotopic (exact) mass is 258 g/mol. The van der Waals surface area contributed by atoms with Crippen LogP contribution in [0.1, 0.15) is 38.8 Å². The van der Waals surface area contributed by atoms with Gasteiger partial charge in [0, 0.05) is 7.11 Å². The zero-order valence-corrected chi connectivity index (χ0v) is 12.9. The molecule has 2 unspecified atom stereocenters. The average molecular weight is 258 g/mol. The van der Waals surface area contributed by atoms with E-state index in [1.165, 1.54) is 23.1 Å². The van der Waals surface area contributed by atoms with Gasteiger partial charge >= 0.3 is 0 Å². The first-order valence-electron chi connectivity index (χ1n) is 7.17. The highest BCUT2D eigenvalue weighted by atomic mass is 16.5. The third-order valence-corrected chi connectivity index (χ3v) is 4.44. The summed E-state index contributed by atoms with van der Waals surface area (Å²) < 4.78 is 5.15. The lowest BCUT2D eigenvalue weighted by atomic mass is 10.0. The molecule has 1 aromatic carbocycles. The number of hydrogen-bond acceptors (Lipinski definition) is 1. The molecule has 0 heterocycles. The molecular weight excluding hydrogens is 232 g/mol. The molecule has 1 aliphatic rings. The molecule has 1 aliphatic carbocycles. The lowest BCUT2D eigenvalue weighted by Gasteiger charge is -2.05. The number of benzene rings is 1. The lowest BCUT2D eigenvalue weighted by molar-refractivity contribution is 0.185. The van der Waals surface area contributed by atoms with Crippen LogP contribution in [-0.2, 0) is 17.8 Å². The molecule has 1 nitrogen and oxygen atoms in total. The SMILES string of the molecule is COCc1ccc(CC2C(C=C(C)C)C2(C)C)cc1. The Bertz CT molecular complexity index is 449. The molecule has 1 heteroatoms. The maximum Gasteiger partial charge on any atom is 0.0713 e. The first-order chi connectivity index (χ1) is 8.95. The van der Waals surface area contributed by atoms with Crippen molar-refractivity contribution < 1.29 is 4.74 Å². The summed E-state index contributed by atoms with van der Waals surface area (Å²) in [6, 6.07) is 8.87. The molecule has 1 saturated carbocycles. The summed E-state index contributed by atoms with van der Waals surface area (Å²) in [5.74, 6) is 1.53. The Morgan fingerprint density at radius 1 is 1.16 bits per heavy atom. The molecule has 0 amide bonds. The second-order valence-corrected chi connectivity index (χ2v) is 6.65. The van der Waals surface area contributed by atoms with Gasteiger partial charge in [-0.3, -0.25) is 0 Å². The Kier molecular flexibility index (Phi) is 4.15. The Balaban J connectivity index is 2.00. The van der Waals surface area contributed by atoms with Crippen molar-refractivity contribution in [2.24, 2.45) is 17.3 Å². The maximum atomic E-state index is 5.15. The molecule has 0 radical (unpaired) electrons. The van der Waals surface area contributed by atoms with Gasteiger partial charge in [0.2, 0.25) is 0 Å². The Labute approximate surface area is 117 Å². The summed E-state index contributed by atoms with van der Waals surface area (Å²) >= 11 is 0. The second kappa shape index (κ2) is 5.50. The quantitative estimate of drug-likeness (QED) is 0.701. The van der Waals surface area contributed by atoms with Gasteiger partial charge in [0.05, 0.1) is 6.61 Å². The summed E-state index contributed by atoms with van der Waals surface area (Å²) in [5.41, 5.74) is 4.60. The number of allylic oxidation sites excluding steroid dienone is 2. The highest BCUT2D eigenvalue weighted by molar-refractivity contribution is 5.26. The average Bonchev–Trinajstić information content (AvgIpc) is 2.83. The normalized spacial score (nSPS) is 24.1. The smallest absolute Gasteiger partial charge is 0.0713 e. The van der Waals surface area contributed by atoms with Crippen LogP contribution in [-0.4, -0.2) is 7.11 Å². The van der Waals surface area contributed by atoms with Crippen molar-refractivity contribution in [2.75, 3.05) is 7.11 Å². The van der Waals surface area contributed by atoms with E-state index in [0.29, 0.717) is 12.0 Å². The van der Waals surface area contributed by atoms with Gasteiger partial charge in [-0.1, -0.05) is 49.8 Å². The molecule has 2 rings (SSSR count). The van der Waals surface area contributed by atoms with Crippen LogP contribution in [0, 0.1) is 17.3 Å². The fourth-order valence-corrected chi connectivity index (χ4v) is 3.06. The minimum atomic E-state index is 0.461. The van der Waals surface area contributed by atoms with E-state index in [9.17, 15) is 0 Å². The predicted molar refractivity (Wildman–Crippen MR) is 81.1 cm³/mol. The molecule has 0 aromatic heterocycles. The van der Waals surface area contributed by atoms with Gasteiger partial charge in [-0.2, -0.15) is 0 Å². The van der Waals surface area contributed by atoms with Crippen LogP contribution in [0.5, 0.6) is 0 Å². The Morgan fingerprint density at radius 3 is 2.26 bits per heavy atom. The summed E-state index contributed by atoms with van der Waals surface area (Å²) in [6.45, 7) is 9.88. The number of hydrogen-bond donors (Lipinski definition) is 0. The zero-order valence-electron chi connectivity index (χ0n) is 12.9. The largest absolute Gasteiger partial charge is 0.380 e. The molecule has 0 bridgehead atoms. The number of methoxy groups -OCH3 is 1. The van der Waals surface area contributed by atoms with Crippen molar-refractivity contribution in [3.05, 3.63) is 47.0 Å². The highest BCUT2D eigenvalue weighted by Gasteiger charge is 2.55. The molecule has 2 atom stereocenters. The Morgan fingerprint density at radius 2 is 1.74 bits per heavy atom. The van der Waals surface area contributed by atoms with E-state index >= 15 is 0 Å². The third-order valence-electron chi connectivity index (χ3n) is 4.44. The summed E-state index contributed by atoms with van der Waals surface area (Å²) in [5, 5.41) is 0. The van der Waals surface area contributed by atoms with Gasteiger partial charge in [0.15, 0.2) is 0 Å². The van der Waals surface area contributed by atoms with Gasteiger partial charge in [0.1, 0.15) is 0 Å². The van der Waals surface area contributed by atoms with Crippen molar-refractivity contribution in [3.8, 4) is 0 Å². The molecule has 1 aromatic rings. The zero-order chi connectivity index (χ0) is 14.0. The van der Waals surface area contributed by atoms with Crippen molar-refractivity contribution >= 4 is 0 Å². The Hall–Kier alpha value is -1.08. The van der Waals surface area contributed by atoms with Crippen molar-refractivity contribution in [1.29, 1.82) is 0 Å². The minimum absolute atomic E-state index is 0.461. The molecule has 0 N–H and O–H groups in total. The molecule has 0 aliphatic heterocycles. The lowest BCUT2D eigenvalue weighted by Crippen LogP contribution is -1.95. The summed E-state index contributed by atoms with van der Waals surface area (Å²) in [6.07, 6.45) is 3.64. The first-order valence-corrected chi connectivity index (χ1v) is 7.17. The number of rotatable bonds is 5. The van der Waals surface area contributed by atoms with E-state index in [1.807, 2.05) is 0 Å². The van der Waals surface area contributed by atoms with E-state index in [2.05, 4.69) is 58.0 Å². The second-order valence-electron chi connectivity index (χ2n) is 6.65. The maximum absolute atomic E-state index is 5.15. The predicted octanol–water partition coefficient (Wildman–Crippen LogP) is 4.61. The van der Waals surface area contributed by atoms with Gasteiger partial charge in [-0.25, -0.2) is 0 Å². The fraction of sp³-hybridized carbons (Fsp3) is 0.556. The number of ether oxygens (including phenoxy) is 1. The van der Waals surface area contributed by atoms with Crippen LogP contribution in [0.3, 0.4) is 0 Å². The van der Waals surface area contributed by atoms with E-state index in [4.69, 9.17) is 4.74 Å². The van der Waals surface area contributed by atoms with E-state index < -0.39 is 0 Å². The fourth-order valence-electron chi connectivity index (χ4n) is 3.06. The van der Waals surface area contributed by atoms with Crippen LogP contribution in [0.25, 0.3) is 0 Å². The van der Waals surface area contributed by atoms with Crippen LogP contribution in [0.2, 0.25) is 0 Å².